The van der Waals surface area contributed by atoms with Crippen molar-refractivity contribution < 1.29 is 4.79 Å². The van der Waals surface area contributed by atoms with Crippen LogP contribution in [0.5, 0.6) is 0 Å². The van der Waals surface area contributed by atoms with Crippen LogP contribution in [-0.2, 0) is 4.79 Å². The molecule has 1 aromatic rings. The Morgan fingerprint density at radius 2 is 2.05 bits per heavy atom. The van der Waals surface area contributed by atoms with E-state index in [2.05, 4.69) is 4.90 Å². The first-order valence-electron chi connectivity index (χ1n) is 8.02. The van der Waals surface area contributed by atoms with E-state index in [1.54, 1.807) is 11.8 Å². The number of rotatable bonds is 3. The van der Waals surface area contributed by atoms with Gasteiger partial charge in [-0.3, -0.25) is 4.79 Å². The molecule has 0 aromatic heterocycles. The van der Waals surface area contributed by atoms with Crippen LogP contribution in [0.15, 0.2) is 29.2 Å². The normalized spacial score (nSPS) is 25.4. The Balaban J connectivity index is 1.59. The zero-order chi connectivity index (χ0) is 14.7. The number of fused-ring (bicyclic) bond motifs is 1. The van der Waals surface area contributed by atoms with Gasteiger partial charge in [-0.1, -0.05) is 18.9 Å². The predicted octanol–water partition coefficient (Wildman–Crippen LogP) is 3.54. The van der Waals surface area contributed by atoms with Crippen molar-refractivity contribution in [2.24, 2.45) is 5.92 Å². The number of carbonyl (C=O) groups excluding carboxylic acids is 1. The highest BCUT2D eigenvalue weighted by atomic mass is 32.2. The number of nitrogens with two attached hydrogens (primary N) is 1. The second-order valence-corrected chi connectivity index (χ2v) is 7.25. The lowest BCUT2D eigenvalue weighted by Crippen LogP contribution is -2.50. The van der Waals surface area contributed by atoms with Crippen molar-refractivity contribution in [2.75, 3.05) is 18.0 Å². The topological polar surface area (TPSA) is 46.3 Å². The van der Waals surface area contributed by atoms with Gasteiger partial charge in [0, 0.05) is 23.2 Å². The van der Waals surface area contributed by atoms with Crippen molar-refractivity contribution in [1.82, 2.24) is 4.90 Å². The van der Waals surface area contributed by atoms with E-state index in [1.165, 1.54) is 38.5 Å². The number of thioether (sulfide) groups is 1. The van der Waals surface area contributed by atoms with E-state index in [9.17, 15) is 4.79 Å². The second kappa shape index (κ2) is 6.73. The van der Waals surface area contributed by atoms with E-state index in [4.69, 9.17) is 5.73 Å². The van der Waals surface area contributed by atoms with Crippen LogP contribution >= 0.6 is 11.8 Å². The third kappa shape index (κ3) is 3.54. The number of piperidine rings is 1. The average Bonchev–Trinajstić information content (AvgIpc) is 2.52. The lowest BCUT2D eigenvalue weighted by atomic mass is 9.78. The van der Waals surface area contributed by atoms with E-state index in [0.29, 0.717) is 17.7 Å². The minimum atomic E-state index is 0.305. The monoisotopic (exact) mass is 304 g/mol. The molecule has 1 saturated heterocycles. The number of amides is 1. The van der Waals surface area contributed by atoms with Crippen LogP contribution in [-0.4, -0.2) is 29.1 Å². The first-order valence-corrected chi connectivity index (χ1v) is 9.00. The third-order valence-corrected chi connectivity index (χ3v) is 5.76. The number of hydrogen-bond acceptors (Lipinski definition) is 3. The van der Waals surface area contributed by atoms with Crippen LogP contribution < -0.4 is 5.73 Å². The number of likely N-dealkylation sites (tertiary alicyclic amines) is 1. The summed E-state index contributed by atoms with van der Waals surface area (Å²) in [5.74, 6) is 1.60. The summed E-state index contributed by atoms with van der Waals surface area (Å²) in [7, 11) is 0. The lowest BCUT2D eigenvalue weighted by molar-refractivity contribution is -0.134. The summed E-state index contributed by atoms with van der Waals surface area (Å²) >= 11 is 1.60. The standard InChI is InChI=1S/C17H24N2OS/c18-14-7-3-8-15(11-14)21-12-17(20)19-10-4-6-13-5-1-2-9-16(13)19/h3,7-8,11,13,16H,1-2,4-6,9-10,12,18H2. The average molecular weight is 304 g/mol. The van der Waals surface area contributed by atoms with Crippen molar-refractivity contribution in [3.05, 3.63) is 24.3 Å². The van der Waals surface area contributed by atoms with E-state index >= 15 is 0 Å². The van der Waals surface area contributed by atoms with Crippen molar-refractivity contribution in [2.45, 2.75) is 49.5 Å². The molecule has 114 valence electrons. The Morgan fingerprint density at radius 3 is 2.90 bits per heavy atom. The number of nitrogen functional groups attached to an aromatic ring is 1. The minimum absolute atomic E-state index is 0.305. The van der Waals surface area contributed by atoms with Gasteiger partial charge < -0.3 is 10.6 Å². The van der Waals surface area contributed by atoms with Gasteiger partial charge in [0.05, 0.1) is 5.75 Å². The molecule has 21 heavy (non-hydrogen) atoms. The van der Waals surface area contributed by atoms with Gasteiger partial charge in [-0.2, -0.15) is 0 Å². The summed E-state index contributed by atoms with van der Waals surface area (Å²) in [4.78, 5) is 15.8. The number of nitrogens with zero attached hydrogens (tertiary/aromatic N) is 1. The fourth-order valence-corrected chi connectivity index (χ4v) is 4.62. The summed E-state index contributed by atoms with van der Waals surface area (Å²) in [6, 6.07) is 8.30. The van der Waals surface area contributed by atoms with Crippen LogP contribution in [0.3, 0.4) is 0 Å². The summed E-state index contributed by atoms with van der Waals surface area (Å²) in [5, 5.41) is 0. The molecule has 0 bridgehead atoms. The number of hydrogen-bond donors (Lipinski definition) is 1. The minimum Gasteiger partial charge on any atom is -0.399 e. The van der Waals surface area contributed by atoms with Crippen LogP contribution in [0.2, 0.25) is 0 Å². The van der Waals surface area contributed by atoms with Gasteiger partial charge in [0.15, 0.2) is 0 Å². The summed E-state index contributed by atoms with van der Waals surface area (Å²) in [6.07, 6.45) is 7.65. The molecule has 2 N–H and O–H groups in total. The third-order valence-electron chi connectivity index (χ3n) is 4.78. The van der Waals surface area contributed by atoms with Crippen LogP contribution in [0.1, 0.15) is 38.5 Å². The molecule has 0 spiro atoms. The van der Waals surface area contributed by atoms with E-state index < -0.39 is 0 Å². The number of benzene rings is 1. The molecule has 1 aliphatic carbocycles. The molecular weight excluding hydrogens is 280 g/mol. The molecule has 1 saturated carbocycles. The van der Waals surface area contributed by atoms with Crippen molar-refractivity contribution in [1.29, 1.82) is 0 Å². The van der Waals surface area contributed by atoms with Crippen LogP contribution in [0.25, 0.3) is 0 Å². The molecular formula is C17H24N2OS. The molecule has 1 amide bonds. The molecule has 1 aromatic carbocycles. The Hall–Kier alpha value is -1.16. The summed E-state index contributed by atoms with van der Waals surface area (Å²) < 4.78 is 0. The maximum Gasteiger partial charge on any atom is 0.233 e. The molecule has 2 unspecified atom stereocenters. The smallest absolute Gasteiger partial charge is 0.233 e. The van der Waals surface area contributed by atoms with Gasteiger partial charge in [-0.25, -0.2) is 0 Å². The first kappa shape index (κ1) is 14.8. The van der Waals surface area contributed by atoms with Crippen LogP contribution in [0.4, 0.5) is 5.69 Å². The molecule has 2 fully saturated rings. The van der Waals surface area contributed by atoms with E-state index in [0.717, 1.165) is 23.0 Å². The van der Waals surface area contributed by atoms with Gasteiger partial charge >= 0.3 is 0 Å². The predicted molar refractivity (Wildman–Crippen MR) is 88.3 cm³/mol. The molecule has 3 nitrogen and oxygen atoms in total. The molecule has 1 heterocycles. The van der Waals surface area contributed by atoms with Gasteiger partial charge in [-0.05, 0) is 49.8 Å². The van der Waals surface area contributed by atoms with Crippen molar-refractivity contribution >= 4 is 23.4 Å². The molecule has 4 heteroatoms. The van der Waals surface area contributed by atoms with Gasteiger partial charge in [0.25, 0.3) is 0 Å². The van der Waals surface area contributed by atoms with Crippen molar-refractivity contribution in [3.63, 3.8) is 0 Å². The van der Waals surface area contributed by atoms with Gasteiger partial charge in [-0.15, -0.1) is 11.8 Å². The van der Waals surface area contributed by atoms with Crippen LogP contribution in [0, 0.1) is 5.92 Å². The fourth-order valence-electron chi connectivity index (χ4n) is 3.77. The van der Waals surface area contributed by atoms with E-state index in [-0.39, 0.29) is 0 Å². The zero-order valence-electron chi connectivity index (χ0n) is 12.5. The molecule has 1 aliphatic heterocycles. The van der Waals surface area contributed by atoms with E-state index in [1.807, 2.05) is 24.3 Å². The lowest BCUT2D eigenvalue weighted by Gasteiger charge is -2.44. The highest BCUT2D eigenvalue weighted by Gasteiger charge is 2.35. The maximum atomic E-state index is 12.6. The Kier molecular flexibility index (Phi) is 4.73. The Bertz CT molecular complexity index is 503. The maximum absolute atomic E-state index is 12.6. The quantitative estimate of drug-likeness (QED) is 0.686. The fraction of sp³-hybridized carbons (Fsp3) is 0.588. The second-order valence-electron chi connectivity index (χ2n) is 6.20. The SMILES string of the molecule is Nc1cccc(SCC(=O)N2CCCC3CCCCC32)c1. The molecule has 2 aliphatic rings. The molecule has 2 atom stereocenters. The summed E-state index contributed by atoms with van der Waals surface area (Å²) in [5.41, 5.74) is 6.55. The molecule has 0 radical (unpaired) electrons. The highest BCUT2D eigenvalue weighted by Crippen LogP contribution is 2.35. The zero-order valence-corrected chi connectivity index (χ0v) is 13.3. The van der Waals surface area contributed by atoms with Crippen molar-refractivity contribution in [3.8, 4) is 0 Å². The Labute approximate surface area is 131 Å². The largest absolute Gasteiger partial charge is 0.399 e. The Morgan fingerprint density at radius 1 is 1.24 bits per heavy atom. The summed E-state index contributed by atoms with van der Waals surface area (Å²) in [6.45, 7) is 0.956. The number of anilines is 1. The van der Waals surface area contributed by atoms with Gasteiger partial charge in [0.2, 0.25) is 5.91 Å². The molecule has 3 rings (SSSR count). The first-order chi connectivity index (χ1) is 10.2. The highest BCUT2D eigenvalue weighted by molar-refractivity contribution is 8.00. The number of carbonyl (C=O) groups is 1. The van der Waals surface area contributed by atoms with Gasteiger partial charge in [0.1, 0.15) is 0 Å².